The number of nitrogens with one attached hydrogen (secondary N) is 1. The zero-order valence-electron chi connectivity index (χ0n) is 12.0. The van der Waals surface area contributed by atoms with Crippen molar-refractivity contribution in [3.8, 4) is 0 Å². The Bertz CT molecular complexity index is 221. The third-order valence-electron chi connectivity index (χ3n) is 4.40. The van der Waals surface area contributed by atoms with Crippen molar-refractivity contribution in [2.24, 2.45) is 0 Å². The molecule has 2 atom stereocenters. The van der Waals surface area contributed by atoms with Gasteiger partial charge in [-0.1, -0.05) is 19.9 Å². The molecule has 2 nitrogen and oxygen atoms in total. The first kappa shape index (κ1) is 14.7. The second kappa shape index (κ2) is 7.17. The van der Waals surface area contributed by atoms with Crippen LogP contribution in [0.2, 0.25) is 0 Å². The lowest BCUT2D eigenvalue weighted by Gasteiger charge is -2.45. The molecule has 0 radical (unpaired) electrons. The van der Waals surface area contributed by atoms with Gasteiger partial charge < -0.3 is 5.32 Å². The molecule has 0 spiro atoms. The summed E-state index contributed by atoms with van der Waals surface area (Å²) in [5.41, 5.74) is 0.315. The number of likely N-dealkylation sites (N-methyl/N-ethyl adjacent to an activating group) is 1. The van der Waals surface area contributed by atoms with Gasteiger partial charge in [0.25, 0.3) is 0 Å². The van der Waals surface area contributed by atoms with Gasteiger partial charge in [0.15, 0.2) is 0 Å². The summed E-state index contributed by atoms with van der Waals surface area (Å²) >= 11 is 0. The Hall–Kier alpha value is -0.340. The Labute approximate surface area is 107 Å². The van der Waals surface area contributed by atoms with Gasteiger partial charge in [-0.3, -0.25) is 4.90 Å². The molecule has 1 saturated heterocycles. The molecule has 0 saturated carbocycles. The van der Waals surface area contributed by atoms with Crippen molar-refractivity contribution in [2.75, 3.05) is 19.6 Å². The van der Waals surface area contributed by atoms with Crippen LogP contribution in [0.25, 0.3) is 0 Å². The van der Waals surface area contributed by atoms with Crippen molar-refractivity contribution in [1.29, 1.82) is 0 Å². The van der Waals surface area contributed by atoms with Crippen LogP contribution in [0.4, 0.5) is 0 Å². The summed E-state index contributed by atoms with van der Waals surface area (Å²) in [6.07, 6.45) is 8.33. The minimum Gasteiger partial charge on any atom is -0.312 e. The summed E-state index contributed by atoms with van der Waals surface area (Å²) in [4.78, 5) is 2.70. The molecule has 100 valence electrons. The molecule has 0 aromatic heterocycles. The van der Waals surface area contributed by atoms with E-state index >= 15 is 0 Å². The average molecular weight is 238 g/mol. The minimum absolute atomic E-state index is 0.315. The predicted molar refractivity (Wildman–Crippen MR) is 76.4 cm³/mol. The van der Waals surface area contributed by atoms with Crippen LogP contribution in [-0.4, -0.2) is 36.1 Å². The van der Waals surface area contributed by atoms with Gasteiger partial charge in [-0.25, -0.2) is 0 Å². The highest BCUT2D eigenvalue weighted by Crippen LogP contribution is 2.30. The third-order valence-corrected chi connectivity index (χ3v) is 4.40. The zero-order chi connectivity index (χ0) is 12.7. The molecular weight excluding hydrogens is 208 g/mol. The number of nitrogens with zero attached hydrogens (tertiary/aromatic N) is 1. The molecule has 1 N–H and O–H groups in total. The summed E-state index contributed by atoms with van der Waals surface area (Å²) in [7, 11) is 0. The van der Waals surface area contributed by atoms with Gasteiger partial charge in [-0.15, -0.1) is 6.58 Å². The Morgan fingerprint density at radius 3 is 2.47 bits per heavy atom. The van der Waals surface area contributed by atoms with Crippen LogP contribution in [0, 0.1) is 0 Å². The number of likely N-dealkylation sites (tertiary alicyclic amines) is 1. The highest BCUT2D eigenvalue weighted by Gasteiger charge is 2.38. The molecule has 1 rings (SSSR count). The maximum Gasteiger partial charge on any atom is 0.0331 e. The van der Waals surface area contributed by atoms with Crippen LogP contribution in [0.5, 0.6) is 0 Å². The monoisotopic (exact) mass is 238 g/mol. The molecule has 1 aliphatic heterocycles. The van der Waals surface area contributed by atoms with E-state index in [-0.39, 0.29) is 0 Å². The summed E-state index contributed by atoms with van der Waals surface area (Å²) in [6, 6.07) is 0.591. The maximum atomic E-state index is 3.86. The largest absolute Gasteiger partial charge is 0.312 e. The molecular formula is C15H30N2. The van der Waals surface area contributed by atoms with Crippen LogP contribution < -0.4 is 5.32 Å². The molecule has 2 heteroatoms. The Morgan fingerprint density at radius 1 is 1.35 bits per heavy atom. The van der Waals surface area contributed by atoms with E-state index in [9.17, 15) is 0 Å². The van der Waals surface area contributed by atoms with Crippen LogP contribution in [0.15, 0.2) is 12.7 Å². The Balaban J connectivity index is 2.72. The molecule has 0 amide bonds. The molecule has 1 heterocycles. The molecule has 2 unspecified atom stereocenters. The fourth-order valence-electron chi connectivity index (χ4n) is 3.08. The quantitative estimate of drug-likeness (QED) is 0.653. The number of hydrogen-bond donors (Lipinski definition) is 1. The second-order valence-corrected chi connectivity index (χ2v) is 5.38. The molecule has 17 heavy (non-hydrogen) atoms. The van der Waals surface area contributed by atoms with Gasteiger partial charge in [-0.05, 0) is 58.7 Å². The van der Waals surface area contributed by atoms with E-state index in [1.54, 1.807) is 0 Å². The van der Waals surface area contributed by atoms with Gasteiger partial charge in [0.1, 0.15) is 0 Å². The smallest absolute Gasteiger partial charge is 0.0331 e. The van der Waals surface area contributed by atoms with Crippen LogP contribution in [0.1, 0.15) is 52.9 Å². The molecule has 1 fully saturated rings. The number of rotatable bonds is 8. The van der Waals surface area contributed by atoms with Crippen molar-refractivity contribution in [3.05, 3.63) is 12.7 Å². The van der Waals surface area contributed by atoms with E-state index in [2.05, 4.69) is 37.6 Å². The van der Waals surface area contributed by atoms with E-state index in [4.69, 9.17) is 0 Å². The van der Waals surface area contributed by atoms with Gasteiger partial charge in [-0.2, -0.15) is 0 Å². The Morgan fingerprint density at radius 2 is 2.00 bits per heavy atom. The highest BCUT2D eigenvalue weighted by atomic mass is 15.2. The highest BCUT2D eigenvalue weighted by molar-refractivity contribution is 4.98. The van der Waals surface area contributed by atoms with Crippen molar-refractivity contribution in [1.82, 2.24) is 10.2 Å². The standard InChI is InChI=1S/C15H30N2/c1-5-8-11-14(16-7-3)15(4,6-2)17-12-9-10-13-17/h5,14,16H,1,6-13H2,2-4H3. The zero-order valence-corrected chi connectivity index (χ0v) is 12.0. The summed E-state index contributed by atoms with van der Waals surface area (Å²) in [5, 5.41) is 3.70. The minimum atomic E-state index is 0.315. The van der Waals surface area contributed by atoms with E-state index in [0.717, 1.165) is 13.0 Å². The topological polar surface area (TPSA) is 15.3 Å². The van der Waals surface area contributed by atoms with Crippen molar-refractivity contribution < 1.29 is 0 Å². The predicted octanol–water partition coefficient (Wildman–Crippen LogP) is 3.20. The molecule has 0 aromatic carbocycles. The Kier molecular flexibility index (Phi) is 6.21. The van der Waals surface area contributed by atoms with Crippen LogP contribution in [-0.2, 0) is 0 Å². The first-order valence-electron chi connectivity index (χ1n) is 7.28. The van der Waals surface area contributed by atoms with E-state index in [0.29, 0.717) is 11.6 Å². The number of allylic oxidation sites excluding steroid dienone is 1. The van der Waals surface area contributed by atoms with E-state index < -0.39 is 0 Å². The number of hydrogen-bond acceptors (Lipinski definition) is 2. The lowest BCUT2D eigenvalue weighted by Crippen LogP contribution is -2.58. The lowest BCUT2D eigenvalue weighted by atomic mass is 9.84. The summed E-state index contributed by atoms with van der Waals surface area (Å²) < 4.78 is 0. The van der Waals surface area contributed by atoms with E-state index in [1.807, 2.05) is 6.08 Å². The first-order valence-corrected chi connectivity index (χ1v) is 7.28. The van der Waals surface area contributed by atoms with Gasteiger partial charge in [0, 0.05) is 11.6 Å². The lowest BCUT2D eigenvalue weighted by molar-refractivity contribution is 0.0814. The van der Waals surface area contributed by atoms with Gasteiger partial charge in [0.2, 0.25) is 0 Å². The normalized spacial score (nSPS) is 22.3. The maximum absolute atomic E-state index is 3.86. The van der Waals surface area contributed by atoms with Gasteiger partial charge in [0.05, 0.1) is 0 Å². The molecule has 1 aliphatic rings. The van der Waals surface area contributed by atoms with E-state index in [1.165, 1.54) is 38.8 Å². The van der Waals surface area contributed by atoms with Crippen molar-refractivity contribution in [2.45, 2.75) is 64.5 Å². The summed E-state index contributed by atoms with van der Waals surface area (Å²) in [5.74, 6) is 0. The molecule has 0 bridgehead atoms. The third kappa shape index (κ3) is 3.56. The average Bonchev–Trinajstić information content (AvgIpc) is 2.87. The molecule has 0 aliphatic carbocycles. The second-order valence-electron chi connectivity index (χ2n) is 5.38. The van der Waals surface area contributed by atoms with Crippen LogP contribution >= 0.6 is 0 Å². The SMILES string of the molecule is C=CCCC(NCC)C(C)(CC)N1CCCC1. The fourth-order valence-corrected chi connectivity index (χ4v) is 3.08. The molecule has 0 aromatic rings. The summed E-state index contributed by atoms with van der Waals surface area (Å²) in [6.45, 7) is 14.5. The van der Waals surface area contributed by atoms with Crippen molar-refractivity contribution >= 4 is 0 Å². The van der Waals surface area contributed by atoms with Crippen LogP contribution in [0.3, 0.4) is 0 Å². The van der Waals surface area contributed by atoms with Crippen molar-refractivity contribution in [3.63, 3.8) is 0 Å². The fraction of sp³-hybridized carbons (Fsp3) is 0.867. The first-order chi connectivity index (χ1) is 8.19. The van der Waals surface area contributed by atoms with Gasteiger partial charge >= 0.3 is 0 Å².